The van der Waals surface area contributed by atoms with Crippen LogP contribution in [0.25, 0.3) is 10.8 Å². The van der Waals surface area contributed by atoms with E-state index in [-0.39, 0.29) is 18.6 Å². The lowest BCUT2D eigenvalue weighted by Crippen LogP contribution is -3.09. The number of hydrogen-bond donors (Lipinski definition) is 2. The molecule has 1 aliphatic rings. The highest BCUT2D eigenvalue weighted by molar-refractivity contribution is 6.09. The minimum atomic E-state index is -1.08. The summed E-state index contributed by atoms with van der Waals surface area (Å²) in [6.07, 6.45) is 0. The Bertz CT molecular complexity index is 1090. The number of ether oxygens (including phenoxy) is 1. The van der Waals surface area contributed by atoms with Gasteiger partial charge in [-0.15, -0.1) is 0 Å². The van der Waals surface area contributed by atoms with Crippen molar-refractivity contribution in [1.29, 1.82) is 0 Å². The van der Waals surface area contributed by atoms with Crippen molar-refractivity contribution in [2.75, 3.05) is 20.8 Å². The number of methoxy groups -OCH3 is 1. The number of rotatable bonds is 6. The molecule has 6 nitrogen and oxygen atoms in total. The Labute approximate surface area is 176 Å². The minimum absolute atomic E-state index is 0.224. The lowest BCUT2D eigenvalue weighted by atomic mass is 9.88. The van der Waals surface area contributed by atoms with Gasteiger partial charge in [-0.3, -0.25) is 4.79 Å². The summed E-state index contributed by atoms with van der Waals surface area (Å²) in [5.41, 5.74) is 0.838. The standard InChI is InChI=1S/C24H25N3O3/c1-24(21-10-6-8-18-7-4-5-9-20(18)21)22(28)27(23(29)25-24)16-26(2)15-17-11-13-19(30-3)14-12-17/h4-14H,15-16H2,1-3H3,(H,25,29)/p+1/t24-/m0/s1. The molecule has 1 saturated heterocycles. The molecule has 3 amide bonds. The zero-order valence-electron chi connectivity index (χ0n) is 17.4. The van der Waals surface area contributed by atoms with E-state index in [2.05, 4.69) is 5.32 Å². The summed E-state index contributed by atoms with van der Waals surface area (Å²) in [6.45, 7) is 2.76. The fourth-order valence-electron chi connectivity index (χ4n) is 4.10. The molecule has 6 heteroatoms. The van der Waals surface area contributed by atoms with Crippen LogP contribution in [0.3, 0.4) is 0 Å². The van der Waals surface area contributed by atoms with Gasteiger partial charge in [-0.05, 0) is 47.5 Å². The summed E-state index contributed by atoms with van der Waals surface area (Å²) in [6, 6.07) is 21.2. The smallest absolute Gasteiger partial charge is 0.329 e. The van der Waals surface area contributed by atoms with E-state index < -0.39 is 5.54 Å². The van der Waals surface area contributed by atoms with Crippen LogP contribution in [0.1, 0.15) is 18.1 Å². The number of hydrogen-bond acceptors (Lipinski definition) is 3. The van der Waals surface area contributed by atoms with Crippen LogP contribution in [0.2, 0.25) is 0 Å². The van der Waals surface area contributed by atoms with Gasteiger partial charge in [0.25, 0.3) is 5.91 Å². The van der Waals surface area contributed by atoms with Gasteiger partial charge in [-0.2, -0.15) is 0 Å². The molecule has 3 aromatic carbocycles. The lowest BCUT2D eigenvalue weighted by Gasteiger charge is -2.24. The Morgan fingerprint density at radius 2 is 1.70 bits per heavy atom. The van der Waals surface area contributed by atoms with E-state index in [4.69, 9.17) is 4.74 Å². The molecule has 1 heterocycles. The summed E-state index contributed by atoms with van der Waals surface area (Å²) < 4.78 is 5.19. The Morgan fingerprint density at radius 3 is 2.43 bits per heavy atom. The number of quaternary nitrogens is 1. The molecule has 3 aromatic rings. The Morgan fingerprint density at radius 1 is 1.00 bits per heavy atom. The van der Waals surface area contributed by atoms with Crippen LogP contribution < -0.4 is 15.0 Å². The van der Waals surface area contributed by atoms with E-state index in [9.17, 15) is 9.59 Å². The SMILES string of the molecule is COc1ccc(C[NH+](C)CN2C(=O)N[C@@](C)(c3cccc4ccccc34)C2=O)cc1. The second-order valence-corrected chi connectivity index (χ2v) is 7.96. The second-order valence-electron chi connectivity index (χ2n) is 7.96. The van der Waals surface area contributed by atoms with Crippen molar-refractivity contribution in [2.24, 2.45) is 0 Å². The molecule has 1 unspecified atom stereocenters. The molecule has 30 heavy (non-hydrogen) atoms. The van der Waals surface area contributed by atoms with Crippen molar-refractivity contribution in [3.63, 3.8) is 0 Å². The largest absolute Gasteiger partial charge is 0.497 e. The van der Waals surface area contributed by atoms with E-state index in [1.54, 1.807) is 14.0 Å². The summed E-state index contributed by atoms with van der Waals surface area (Å²) in [5, 5.41) is 4.94. The van der Waals surface area contributed by atoms with Crippen molar-refractivity contribution in [2.45, 2.75) is 19.0 Å². The first-order valence-electron chi connectivity index (χ1n) is 9.99. The zero-order chi connectivity index (χ0) is 21.3. The predicted molar refractivity (Wildman–Crippen MR) is 115 cm³/mol. The number of fused-ring (bicyclic) bond motifs is 1. The molecule has 0 saturated carbocycles. The topological polar surface area (TPSA) is 63.1 Å². The average molecular weight is 404 g/mol. The van der Waals surface area contributed by atoms with Gasteiger partial charge in [0.05, 0.1) is 14.2 Å². The summed E-state index contributed by atoms with van der Waals surface area (Å²) >= 11 is 0. The third-order valence-corrected chi connectivity index (χ3v) is 5.70. The molecule has 0 aliphatic carbocycles. The highest BCUT2D eigenvalue weighted by Crippen LogP contribution is 2.33. The zero-order valence-corrected chi connectivity index (χ0v) is 17.4. The van der Waals surface area contributed by atoms with Crippen LogP contribution in [0.4, 0.5) is 4.79 Å². The van der Waals surface area contributed by atoms with Crippen molar-refractivity contribution >= 4 is 22.7 Å². The monoisotopic (exact) mass is 404 g/mol. The summed E-state index contributed by atoms with van der Waals surface area (Å²) in [4.78, 5) is 28.5. The fourth-order valence-corrected chi connectivity index (χ4v) is 4.10. The highest BCUT2D eigenvalue weighted by Gasteiger charge is 2.50. The van der Waals surface area contributed by atoms with E-state index >= 15 is 0 Å². The fraction of sp³-hybridized carbons (Fsp3) is 0.250. The van der Waals surface area contributed by atoms with Crippen molar-refractivity contribution in [3.8, 4) is 5.75 Å². The van der Waals surface area contributed by atoms with E-state index in [1.807, 2.05) is 73.8 Å². The molecule has 2 N–H and O–H groups in total. The number of nitrogens with one attached hydrogen (secondary N) is 2. The molecule has 0 spiro atoms. The molecule has 4 rings (SSSR count). The molecule has 0 bridgehead atoms. The molecule has 0 aromatic heterocycles. The first-order chi connectivity index (χ1) is 14.4. The third kappa shape index (κ3) is 3.50. The van der Waals surface area contributed by atoms with Crippen LogP contribution in [0.5, 0.6) is 5.75 Å². The van der Waals surface area contributed by atoms with Crippen LogP contribution in [0, 0.1) is 0 Å². The van der Waals surface area contributed by atoms with Gasteiger partial charge in [0.15, 0.2) is 6.67 Å². The van der Waals surface area contributed by atoms with Crippen LogP contribution in [-0.2, 0) is 16.9 Å². The van der Waals surface area contributed by atoms with Crippen LogP contribution in [-0.4, -0.2) is 37.7 Å². The molecule has 154 valence electrons. The average Bonchev–Trinajstić information content (AvgIpc) is 2.97. The van der Waals surface area contributed by atoms with E-state index in [0.29, 0.717) is 6.54 Å². The number of nitrogens with zero attached hydrogens (tertiary/aromatic N) is 1. The van der Waals surface area contributed by atoms with Gasteiger partial charge in [-0.1, -0.05) is 42.5 Å². The molecule has 1 fully saturated rings. The number of urea groups is 1. The quantitative estimate of drug-likeness (QED) is 0.620. The number of amides is 3. The molecular formula is C24H26N3O3+. The number of imide groups is 1. The summed E-state index contributed by atoms with van der Waals surface area (Å²) in [5.74, 6) is 0.578. The van der Waals surface area contributed by atoms with Gasteiger partial charge < -0.3 is 15.0 Å². The maximum Gasteiger partial charge on any atom is 0.329 e. The maximum absolute atomic E-state index is 13.4. The highest BCUT2D eigenvalue weighted by atomic mass is 16.5. The van der Waals surface area contributed by atoms with Crippen molar-refractivity contribution < 1.29 is 19.2 Å². The molecular weight excluding hydrogens is 378 g/mol. The van der Waals surface area contributed by atoms with Gasteiger partial charge in [-0.25, -0.2) is 9.69 Å². The van der Waals surface area contributed by atoms with Gasteiger partial charge >= 0.3 is 6.03 Å². The first kappa shape index (κ1) is 19.9. The number of carbonyl (C=O) groups is 2. The normalized spacial score (nSPS) is 19.8. The predicted octanol–water partition coefficient (Wildman–Crippen LogP) is 2.29. The minimum Gasteiger partial charge on any atom is -0.497 e. The Hall–Kier alpha value is -3.38. The molecule has 1 aliphatic heterocycles. The van der Waals surface area contributed by atoms with Crippen LogP contribution >= 0.6 is 0 Å². The van der Waals surface area contributed by atoms with Gasteiger partial charge in [0, 0.05) is 5.56 Å². The van der Waals surface area contributed by atoms with Crippen molar-refractivity contribution in [3.05, 3.63) is 77.9 Å². The van der Waals surface area contributed by atoms with Crippen molar-refractivity contribution in [1.82, 2.24) is 10.2 Å². The lowest BCUT2D eigenvalue weighted by molar-refractivity contribution is -0.901. The van der Waals surface area contributed by atoms with E-state index in [0.717, 1.165) is 32.5 Å². The third-order valence-electron chi connectivity index (χ3n) is 5.70. The first-order valence-corrected chi connectivity index (χ1v) is 9.99. The number of carbonyl (C=O) groups excluding carboxylic acids is 2. The van der Waals surface area contributed by atoms with Gasteiger partial charge in [0.1, 0.15) is 17.8 Å². The molecule has 0 radical (unpaired) electrons. The molecule has 2 atom stereocenters. The second kappa shape index (κ2) is 7.80. The van der Waals surface area contributed by atoms with Crippen LogP contribution in [0.15, 0.2) is 66.7 Å². The Kier molecular flexibility index (Phi) is 5.18. The van der Waals surface area contributed by atoms with E-state index in [1.165, 1.54) is 4.90 Å². The summed E-state index contributed by atoms with van der Waals surface area (Å²) in [7, 11) is 3.61. The number of benzene rings is 3. The van der Waals surface area contributed by atoms with Gasteiger partial charge in [0.2, 0.25) is 0 Å². The Balaban J connectivity index is 1.54. The maximum atomic E-state index is 13.4.